The summed E-state index contributed by atoms with van der Waals surface area (Å²) in [5.74, 6) is 1.43. The number of amides is 1. The van der Waals surface area contributed by atoms with Crippen LogP contribution in [-0.4, -0.2) is 43.8 Å². The molecule has 0 aromatic carbocycles. The third-order valence-electron chi connectivity index (χ3n) is 4.16. The maximum atomic E-state index is 12.3. The van der Waals surface area contributed by atoms with E-state index in [2.05, 4.69) is 19.9 Å². The first-order valence-corrected chi connectivity index (χ1v) is 8.03. The summed E-state index contributed by atoms with van der Waals surface area (Å²) in [7, 11) is 0. The fourth-order valence-corrected chi connectivity index (χ4v) is 2.94. The van der Waals surface area contributed by atoms with Crippen molar-refractivity contribution in [3.05, 3.63) is 30.5 Å². The fourth-order valence-electron chi connectivity index (χ4n) is 2.94. The first kappa shape index (κ1) is 15.6. The molecule has 6 nitrogen and oxygen atoms in total. The molecule has 0 radical (unpaired) electrons. The Balaban J connectivity index is 1.59. The summed E-state index contributed by atoms with van der Waals surface area (Å²) in [6, 6.07) is 0. The van der Waals surface area contributed by atoms with Crippen LogP contribution in [0.3, 0.4) is 0 Å². The Kier molecular flexibility index (Phi) is 4.15. The van der Waals surface area contributed by atoms with E-state index in [1.807, 2.05) is 31.9 Å². The van der Waals surface area contributed by atoms with Gasteiger partial charge in [0.1, 0.15) is 5.69 Å². The van der Waals surface area contributed by atoms with Gasteiger partial charge in [-0.05, 0) is 18.8 Å². The minimum Gasteiger partial charge on any atom is -0.343 e. The zero-order chi connectivity index (χ0) is 16.4. The number of imidazole rings is 1. The molecule has 2 aromatic rings. The quantitative estimate of drug-likeness (QED) is 0.943. The van der Waals surface area contributed by atoms with Crippen molar-refractivity contribution in [3.8, 4) is 11.5 Å². The lowest BCUT2D eigenvalue weighted by atomic mass is 9.95. The molecule has 1 fully saturated rings. The number of nitrogens with zero attached hydrogens (tertiary/aromatic N) is 4. The van der Waals surface area contributed by atoms with Gasteiger partial charge in [-0.3, -0.25) is 9.78 Å². The average Bonchev–Trinajstić information content (AvgIpc) is 3.17. The molecule has 1 saturated heterocycles. The molecule has 2 aromatic heterocycles. The average molecular weight is 313 g/mol. The van der Waals surface area contributed by atoms with Crippen molar-refractivity contribution >= 4 is 5.91 Å². The summed E-state index contributed by atoms with van der Waals surface area (Å²) in [4.78, 5) is 30.4. The Bertz CT molecular complexity index is 657. The second-order valence-electron chi connectivity index (χ2n) is 7.19. The summed E-state index contributed by atoms with van der Waals surface area (Å²) >= 11 is 0. The van der Waals surface area contributed by atoms with Crippen LogP contribution in [0.1, 0.15) is 32.9 Å². The Morgan fingerprint density at radius 2 is 2.13 bits per heavy atom. The van der Waals surface area contributed by atoms with Gasteiger partial charge >= 0.3 is 0 Å². The molecule has 1 amide bonds. The topological polar surface area (TPSA) is 74.8 Å². The zero-order valence-corrected chi connectivity index (χ0v) is 13.9. The molecular formula is C17H23N5O. The van der Waals surface area contributed by atoms with Crippen molar-refractivity contribution in [3.63, 3.8) is 0 Å². The van der Waals surface area contributed by atoms with E-state index in [4.69, 9.17) is 0 Å². The van der Waals surface area contributed by atoms with Crippen molar-refractivity contribution in [2.75, 3.05) is 13.1 Å². The number of hydrogen-bond donors (Lipinski definition) is 1. The number of aromatic nitrogens is 4. The number of carbonyl (C=O) groups is 1. The summed E-state index contributed by atoms with van der Waals surface area (Å²) < 4.78 is 0. The Morgan fingerprint density at radius 3 is 2.74 bits per heavy atom. The molecular weight excluding hydrogens is 290 g/mol. The molecule has 0 spiro atoms. The van der Waals surface area contributed by atoms with E-state index in [0.717, 1.165) is 43.1 Å². The number of hydrogen-bond acceptors (Lipinski definition) is 4. The Hall–Kier alpha value is -2.24. The van der Waals surface area contributed by atoms with Crippen molar-refractivity contribution in [1.29, 1.82) is 0 Å². The van der Waals surface area contributed by atoms with Crippen LogP contribution in [0, 0.1) is 11.3 Å². The molecule has 1 aliphatic heterocycles. The smallest absolute Gasteiger partial charge is 0.227 e. The zero-order valence-electron chi connectivity index (χ0n) is 13.9. The Labute approximate surface area is 136 Å². The van der Waals surface area contributed by atoms with Crippen molar-refractivity contribution in [2.45, 2.75) is 33.6 Å². The first-order chi connectivity index (χ1) is 10.9. The second-order valence-corrected chi connectivity index (χ2v) is 7.19. The van der Waals surface area contributed by atoms with Gasteiger partial charge in [0.05, 0.1) is 11.9 Å². The van der Waals surface area contributed by atoms with E-state index < -0.39 is 0 Å². The van der Waals surface area contributed by atoms with E-state index in [1.54, 1.807) is 18.6 Å². The molecule has 1 atom stereocenters. The van der Waals surface area contributed by atoms with Crippen molar-refractivity contribution in [2.24, 2.45) is 11.3 Å². The molecule has 1 aliphatic rings. The number of H-pyrrole nitrogens is 1. The molecule has 0 bridgehead atoms. The van der Waals surface area contributed by atoms with Gasteiger partial charge in [0.2, 0.25) is 5.91 Å². The lowest BCUT2D eigenvalue weighted by Gasteiger charge is -2.25. The van der Waals surface area contributed by atoms with Gasteiger partial charge in [-0.15, -0.1) is 0 Å². The predicted octanol–water partition coefficient (Wildman–Crippen LogP) is 2.30. The van der Waals surface area contributed by atoms with Crippen LogP contribution in [-0.2, 0) is 11.2 Å². The van der Waals surface area contributed by atoms with Gasteiger partial charge < -0.3 is 9.88 Å². The second kappa shape index (κ2) is 6.10. The minimum absolute atomic E-state index is 0.235. The van der Waals surface area contributed by atoms with Crippen LogP contribution in [0.15, 0.2) is 24.8 Å². The highest BCUT2D eigenvalue weighted by Gasteiger charge is 2.32. The lowest BCUT2D eigenvalue weighted by Crippen LogP contribution is -2.38. The van der Waals surface area contributed by atoms with E-state index >= 15 is 0 Å². The molecule has 0 saturated carbocycles. The molecule has 3 rings (SSSR count). The third-order valence-corrected chi connectivity index (χ3v) is 4.16. The van der Waals surface area contributed by atoms with Gasteiger partial charge in [0.15, 0.2) is 5.82 Å². The molecule has 0 unspecified atom stereocenters. The number of aromatic amines is 1. The van der Waals surface area contributed by atoms with Gasteiger partial charge in [0, 0.05) is 37.1 Å². The van der Waals surface area contributed by atoms with Crippen molar-refractivity contribution < 1.29 is 4.79 Å². The fraction of sp³-hybridized carbons (Fsp3) is 0.529. The Morgan fingerprint density at radius 1 is 1.30 bits per heavy atom. The monoisotopic (exact) mass is 313 g/mol. The molecule has 3 heterocycles. The van der Waals surface area contributed by atoms with Gasteiger partial charge in [-0.25, -0.2) is 9.97 Å². The van der Waals surface area contributed by atoms with E-state index in [0.29, 0.717) is 5.92 Å². The summed E-state index contributed by atoms with van der Waals surface area (Å²) in [6.07, 6.45) is 8.92. The third kappa shape index (κ3) is 3.57. The highest BCUT2D eigenvalue weighted by Crippen LogP contribution is 2.25. The molecule has 23 heavy (non-hydrogen) atoms. The number of rotatable bonds is 3. The number of nitrogens with one attached hydrogen (secondary N) is 1. The number of likely N-dealkylation sites (tertiary alicyclic amines) is 1. The van der Waals surface area contributed by atoms with Crippen LogP contribution < -0.4 is 0 Å². The van der Waals surface area contributed by atoms with Crippen LogP contribution in [0.25, 0.3) is 11.5 Å². The maximum Gasteiger partial charge on any atom is 0.227 e. The van der Waals surface area contributed by atoms with E-state index in [-0.39, 0.29) is 11.3 Å². The largest absolute Gasteiger partial charge is 0.343 e. The van der Waals surface area contributed by atoms with Crippen LogP contribution in [0.2, 0.25) is 0 Å². The van der Waals surface area contributed by atoms with Gasteiger partial charge in [-0.1, -0.05) is 20.8 Å². The summed E-state index contributed by atoms with van der Waals surface area (Å²) in [5, 5.41) is 0. The molecule has 122 valence electrons. The van der Waals surface area contributed by atoms with E-state index in [1.165, 1.54) is 0 Å². The standard InChI is InChI=1S/C17H23N5O/c1-17(2,3)16(23)22-7-4-12(11-22)8-13-9-21-14(10-20-13)15-18-5-6-19-15/h5-6,9-10,12H,4,7-8,11H2,1-3H3,(H,18,19)/t12-/m0/s1. The van der Waals surface area contributed by atoms with E-state index in [9.17, 15) is 4.79 Å². The first-order valence-electron chi connectivity index (χ1n) is 8.03. The molecule has 0 aliphatic carbocycles. The van der Waals surface area contributed by atoms with Gasteiger partial charge in [-0.2, -0.15) is 0 Å². The van der Waals surface area contributed by atoms with Crippen LogP contribution in [0.5, 0.6) is 0 Å². The molecule has 6 heteroatoms. The van der Waals surface area contributed by atoms with Crippen LogP contribution >= 0.6 is 0 Å². The van der Waals surface area contributed by atoms with Crippen LogP contribution in [0.4, 0.5) is 0 Å². The summed E-state index contributed by atoms with van der Waals surface area (Å²) in [5.41, 5.74) is 1.41. The molecule has 1 N–H and O–H groups in total. The minimum atomic E-state index is -0.306. The summed E-state index contributed by atoms with van der Waals surface area (Å²) in [6.45, 7) is 7.58. The predicted molar refractivity (Wildman–Crippen MR) is 87.5 cm³/mol. The SMILES string of the molecule is CC(C)(C)C(=O)N1CC[C@@H](Cc2cnc(-c3ncc[nH]3)cn2)C1. The van der Waals surface area contributed by atoms with Crippen molar-refractivity contribution in [1.82, 2.24) is 24.8 Å². The van der Waals surface area contributed by atoms with Gasteiger partial charge in [0.25, 0.3) is 0 Å². The number of carbonyl (C=O) groups excluding carboxylic acids is 1. The highest BCUT2D eigenvalue weighted by molar-refractivity contribution is 5.81. The maximum absolute atomic E-state index is 12.3. The highest BCUT2D eigenvalue weighted by atomic mass is 16.2. The normalized spacial score (nSPS) is 18.4. The lowest BCUT2D eigenvalue weighted by molar-refractivity contribution is -0.138.